The van der Waals surface area contributed by atoms with E-state index in [0.29, 0.717) is 16.2 Å². The molecule has 166 valence electrons. The molecule has 0 saturated heterocycles. The summed E-state index contributed by atoms with van der Waals surface area (Å²) < 4.78 is 28.3. The lowest BCUT2D eigenvalue weighted by atomic mass is 10.2. The lowest BCUT2D eigenvalue weighted by Gasteiger charge is -2.09. The number of pyridine rings is 2. The topological polar surface area (TPSA) is 72.0 Å². The van der Waals surface area contributed by atoms with Crippen LogP contribution in [0, 0.1) is 0 Å². The van der Waals surface area contributed by atoms with Crippen LogP contribution in [0.3, 0.4) is 0 Å². The molecule has 0 aliphatic heterocycles. The predicted molar refractivity (Wildman–Crippen MR) is 138 cm³/mol. The van der Waals surface area contributed by atoms with Gasteiger partial charge in [0.1, 0.15) is 10.3 Å². The average molecular weight is 561 g/mol. The predicted octanol–water partition coefficient (Wildman–Crippen LogP) is 7.34. The minimum atomic E-state index is -3.66. The van der Waals surface area contributed by atoms with Gasteiger partial charge >= 0.3 is 0 Å². The number of nitrogens with one attached hydrogen (secondary N) is 1. The number of halogens is 3. The monoisotopic (exact) mass is 559 g/mol. The van der Waals surface area contributed by atoms with E-state index < -0.39 is 10.0 Å². The van der Waals surface area contributed by atoms with Gasteiger partial charge in [-0.15, -0.1) is 0 Å². The molecule has 9 heteroatoms. The van der Waals surface area contributed by atoms with Crippen molar-refractivity contribution in [2.75, 3.05) is 4.72 Å². The Hall–Kier alpha value is -2.71. The molecule has 0 fully saturated rings. The van der Waals surface area contributed by atoms with Gasteiger partial charge in [-0.25, -0.2) is 18.4 Å². The maximum atomic E-state index is 12.4. The molecular weight excluding hydrogens is 545 g/mol. The third-order valence-electron chi connectivity index (χ3n) is 4.70. The molecule has 0 unspecified atom stereocenters. The van der Waals surface area contributed by atoms with Gasteiger partial charge in [0.25, 0.3) is 10.0 Å². The maximum absolute atomic E-state index is 12.4. The highest BCUT2D eigenvalue weighted by atomic mass is 79.9. The number of sulfonamides is 1. The van der Waals surface area contributed by atoms with Gasteiger partial charge in [0.15, 0.2) is 0 Å². The normalized spacial score (nSPS) is 11.1. The van der Waals surface area contributed by atoms with E-state index in [4.69, 9.17) is 23.2 Å². The van der Waals surface area contributed by atoms with Gasteiger partial charge < -0.3 is 0 Å². The first-order valence-electron chi connectivity index (χ1n) is 9.65. The molecule has 5 rings (SSSR count). The SMILES string of the molecule is Clc1nccc2ccc(Br)cc12.O=S(=O)(Nc1ccccc1)c1ccc2ccnc(Cl)c2c1. The number of nitrogens with zero attached hydrogens (tertiary/aromatic N) is 2. The molecule has 0 aliphatic carbocycles. The minimum absolute atomic E-state index is 0.147. The molecule has 0 amide bonds. The van der Waals surface area contributed by atoms with E-state index in [-0.39, 0.29) is 10.0 Å². The van der Waals surface area contributed by atoms with Crippen LogP contribution >= 0.6 is 39.1 Å². The Labute approximate surface area is 209 Å². The van der Waals surface area contributed by atoms with Crippen molar-refractivity contribution in [2.45, 2.75) is 4.90 Å². The largest absolute Gasteiger partial charge is 0.280 e. The third-order valence-corrected chi connectivity index (χ3v) is 7.18. The third kappa shape index (κ3) is 5.62. The molecule has 5 aromatic rings. The second kappa shape index (κ2) is 10.1. The number of benzene rings is 3. The van der Waals surface area contributed by atoms with Gasteiger partial charge in [-0.2, -0.15) is 0 Å². The van der Waals surface area contributed by atoms with Crippen LogP contribution in [0.2, 0.25) is 10.3 Å². The molecule has 3 aromatic carbocycles. The highest BCUT2D eigenvalue weighted by molar-refractivity contribution is 9.10. The zero-order valence-corrected chi connectivity index (χ0v) is 20.8. The summed E-state index contributed by atoms with van der Waals surface area (Å²) in [5, 5.41) is 4.37. The quantitative estimate of drug-likeness (QED) is 0.234. The first-order chi connectivity index (χ1) is 15.8. The number of para-hydroxylation sites is 1. The van der Waals surface area contributed by atoms with Crippen molar-refractivity contribution >= 4 is 76.4 Å². The average Bonchev–Trinajstić information content (AvgIpc) is 2.81. The maximum Gasteiger partial charge on any atom is 0.261 e. The summed E-state index contributed by atoms with van der Waals surface area (Å²) >= 11 is 15.3. The molecule has 2 aromatic heterocycles. The Morgan fingerprint density at radius 2 is 1.30 bits per heavy atom. The molecule has 0 spiro atoms. The smallest absolute Gasteiger partial charge is 0.261 e. The molecular formula is C24H16BrCl2N3O2S. The lowest BCUT2D eigenvalue weighted by molar-refractivity contribution is 0.601. The number of rotatable bonds is 3. The zero-order valence-electron chi connectivity index (χ0n) is 16.9. The molecule has 2 heterocycles. The van der Waals surface area contributed by atoms with Crippen molar-refractivity contribution in [1.82, 2.24) is 9.97 Å². The van der Waals surface area contributed by atoms with Gasteiger partial charge in [0.05, 0.1) is 4.90 Å². The Balaban J connectivity index is 0.000000183. The van der Waals surface area contributed by atoms with Crippen LogP contribution in [0.4, 0.5) is 5.69 Å². The Kier molecular flexibility index (Phi) is 7.14. The van der Waals surface area contributed by atoms with E-state index >= 15 is 0 Å². The first-order valence-corrected chi connectivity index (χ1v) is 12.7. The Morgan fingerprint density at radius 1 is 0.727 bits per heavy atom. The number of hydrogen-bond acceptors (Lipinski definition) is 4. The van der Waals surface area contributed by atoms with Crippen LogP contribution in [0.25, 0.3) is 21.5 Å². The molecule has 0 atom stereocenters. The molecule has 1 N–H and O–H groups in total. The highest BCUT2D eigenvalue weighted by Crippen LogP contribution is 2.26. The van der Waals surface area contributed by atoms with Gasteiger partial charge in [-0.1, -0.05) is 69.5 Å². The Bertz CT molecular complexity index is 1550. The fourth-order valence-corrected chi connectivity index (χ4v) is 4.99. The fourth-order valence-electron chi connectivity index (χ4n) is 3.10. The molecule has 0 saturated carbocycles. The standard InChI is InChI=1S/C15H11ClN2O2S.C9H5BrClN/c16-15-14-10-13(7-6-11(14)8-9-17-15)21(19,20)18-12-4-2-1-3-5-12;10-7-2-1-6-3-4-12-9(11)8(6)5-7/h1-10,18H;1-5H. The summed E-state index contributed by atoms with van der Waals surface area (Å²) in [7, 11) is -3.66. The summed E-state index contributed by atoms with van der Waals surface area (Å²) in [5.41, 5.74) is 0.509. The summed E-state index contributed by atoms with van der Waals surface area (Å²) in [4.78, 5) is 8.10. The molecule has 0 bridgehead atoms. The van der Waals surface area contributed by atoms with Crippen molar-refractivity contribution < 1.29 is 8.42 Å². The highest BCUT2D eigenvalue weighted by Gasteiger charge is 2.15. The summed E-state index contributed by atoms with van der Waals surface area (Å²) in [6.45, 7) is 0. The van der Waals surface area contributed by atoms with Gasteiger partial charge in [-0.3, -0.25) is 4.72 Å². The molecule has 33 heavy (non-hydrogen) atoms. The summed E-state index contributed by atoms with van der Waals surface area (Å²) in [6, 6.07) is 23.2. The van der Waals surface area contributed by atoms with E-state index in [1.807, 2.05) is 30.3 Å². The van der Waals surface area contributed by atoms with Crippen LogP contribution in [-0.2, 0) is 10.0 Å². The zero-order chi connectivity index (χ0) is 23.4. The number of fused-ring (bicyclic) bond motifs is 2. The number of hydrogen-bond donors (Lipinski definition) is 1. The second-order valence-corrected chi connectivity index (χ2v) is 10.2. The Morgan fingerprint density at radius 3 is 1.94 bits per heavy atom. The van der Waals surface area contributed by atoms with E-state index in [0.717, 1.165) is 20.6 Å². The van der Waals surface area contributed by atoms with Crippen molar-refractivity contribution in [3.05, 3.63) is 106 Å². The van der Waals surface area contributed by atoms with Gasteiger partial charge in [0.2, 0.25) is 0 Å². The summed E-state index contributed by atoms with van der Waals surface area (Å²) in [5.74, 6) is 0. The van der Waals surface area contributed by atoms with Crippen LogP contribution < -0.4 is 4.72 Å². The lowest BCUT2D eigenvalue weighted by Crippen LogP contribution is -2.12. The number of aromatic nitrogens is 2. The van der Waals surface area contributed by atoms with E-state index in [9.17, 15) is 8.42 Å². The van der Waals surface area contributed by atoms with Crippen LogP contribution in [0.15, 0.2) is 101 Å². The second-order valence-electron chi connectivity index (χ2n) is 6.92. The van der Waals surface area contributed by atoms with Crippen LogP contribution in [0.5, 0.6) is 0 Å². The van der Waals surface area contributed by atoms with E-state index in [1.165, 1.54) is 6.07 Å². The van der Waals surface area contributed by atoms with Gasteiger partial charge in [0, 0.05) is 33.3 Å². The minimum Gasteiger partial charge on any atom is -0.280 e. The van der Waals surface area contributed by atoms with Gasteiger partial charge in [-0.05, 0) is 59.3 Å². The van der Waals surface area contributed by atoms with E-state index in [2.05, 4.69) is 30.6 Å². The van der Waals surface area contributed by atoms with Crippen molar-refractivity contribution in [1.29, 1.82) is 0 Å². The summed E-state index contributed by atoms with van der Waals surface area (Å²) in [6.07, 6.45) is 3.29. The molecule has 5 nitrogen and oxygen atoms in total. The van der Waals surface area contributed by atoms with Crippen molar-refractivity contribution in [2.24, 2.45) is 0 Å². The molecule has 0 aliphatic rings. The van der Waals surface area contributed by atoms with Crippen LogP contribution in [0.1, 0.15) is 0 Å². The van der Waals surface area contributed by atoms with E-state index in [1.54, 1.807) is 54.9 Å². The molecule has 0 radical (unpaired) electrons. The first kappa shape index (κ1) is 23.4. The number of anilines is 1. The fraction of sp³-hybridized carbons (Fsp3) is 0. The van der Waals surface area contributed by atoms with Crippen molar-refractivity contribution in [3.63, 3.8) is 0 Å². The van der Waals surface area contributed by atoms with Crippen molar-refractivity contribution in [3.8, 4) is 0 Å². The van der Waals surface area contributed by atoms with Crippen LogP contribution in [-0.4, -0.2) is 18.4 Å².